The summed E-state index contributed by atoms with van der Waals surface area (Å²) in [5, 5.41) is 37.9. The van der Waals surface area contributed by atoms with Gasteiger partial charge in [-0.1, -0.05) is 26.7 Å². The van der Waals surface area contributed by atoms with Crippen molar-refractivity contribution in [3.8, 4) is 11.5 Å². The summed E-state index contributed by atoms with van der Waals surface area (Å²) in [4.78, 5) is 0. The molecule has 22 heavy (non-hydrogen) atoms. The van der Waals surface area contributed by atoms with Gasteiger partial charge in [-0.25, -0.2) is 0 Å². The Kier molecular flexibility index (Phi) is 8.34. The fourth-order valence-electron chi connectivity index (χ4n) is 1.90. The van der Waals surface area contributed by atoms with Gasteiger partial charge in [-0.3, -0.25) is 0 Å². The highest BCUT2D eigenvalue weighted by Crippen LogP contribution is 2.16. The number of rotatable bonds is 10. The number of hydrogen-bond acceptors (Lipinski definition) is 6. The molecule has 122 valence electrons. The van der Waals surface area contributed by atoms with Gasteiger partial charge in [0.2, 0.25) is 0 Å². The third-order valence-electron chi connectivity index (χ3n) is 3.21. The molecule has 0 spiro atoms. The third kappa shape index (κ3) is 5.53. The van der Waals surface area contributed by atoms with Gasteiger partial charge in [0, 0.05) is 10.9 Å². The minimum absolute atomic E-state index is 0.145. The van der Waals surface area contributed by atoms with Crippen molar-refractivity contribution in [3.05, 3.63) is 12.1 Å². The second-order valence-electron chi connectivity index (χ2n) is 5.08. The highest BCUT2D eigenvalue weighted by atomic mass is 16.5. The summed E-state index contributed by atoms with van der Waals surface area (Å²) in [7, 11) is -3.45. The van der Waals surface area contributed by atoms with E-state index in [0.29, 0.717) is 13.2 Å². The quantitative estimate of drug-likeness (QED) is 0.340. The number of benzene rings is 1. The zero-order valence-corrected chi connectivity index (χ0v) is 13.2. The summed E-state index contributed by atoms with van der Waals surface area (Å²) < 4.78 is 11.0. The molecule has 0 unspecified atom stereocenters. The first kappa shape index (κ1) is 18.8. The molecule has 0 aliphatic heterocycles. The van der Waals surface area contributed by atoms with Crippen LogP contribution in [-0.2, 0) is 0 Å². The van der Waals surface area contributed by atoms with Crippen molar-refractivity contribution in [3.63, 3.8) is 0 Å². The molecule has 1 aromatic rings. The molecular weight excluding hydrogens is 286 g/mol. The van der Waals surface area contributed by atoms with E-state index in [1.54, 1.807) is 0 Å². The van der Waals surface area contributed by atoms with Crippen LogP contribution >= 0.6 is 0 Å². The van der Waals surface area contributed by atoms with Gasteiger partial charge in [0.1, 0.15) is 11.5 Å². The maximum absolute atomic E-state index is 9.48. The molecule has 0 aromatic heterocycles. The smallest absolute Gasteiger partial charge is 0.492 e. The summed E-state index contributed by atoms with van der Waals surface area (Å²) in [6.45, 7) is 4.85. The lowest BCUT2D eigenvalue weighted by molar-refractivity contribution is 0.301. The van der Waals surface area contributed by atoms with Crippen LogP contribution in [0.5, 0.6) is 11.5 Å². The highest BCUT2D eigenvalue weighted by Gasteiger charge is 2.25. The average molecular weight is 310 g/mol. The monoisotopic (exact) mass is 310 g/mol. The lowest BCUT2D eigenvalue weighted by Crippen LogP contribution is -2.38. The highest BCUT2D eigenvalue weighted by molar-refractivity contribution is 6.62. The first-order valence-electron chi connectivity index (χ1n) is 7.66. The van der Waals surface area contributed by atoms with Crippen molar-refractivity contribution in [2.24, 2.45) is 0 Å². The minimum atomic E-state index is -1.73. The molecule has 0 saturated heterocycles. The Labute approximate surface area is 132 Å². The second kappa shape index (κ2) is 9.74. The van der Waals surface area contributed by atoms with Gasteiger partial charge >= 0.3 is 14.2 Å². The molecule has 6 nitrogen and oxygen atoms in total. The molecule has 0 bridgehead atoms. The Morgan fingerprint density at radius 3 is 1.41 bits per heavy atom. The Morgan fingerprint density at radius 1 is 0.773 bits per heavy atom. The predicted molar refractivity (Wildman–Crippen MR) is 86.9 cm³/mol. The van der Waals surface area contributed by atoms with Crippen molar-refractivity contribution in [1.82, 2.24) is 0 Å². The van der Waals surface area contributed by atoms with Crippen LogP contribution in [0.25, 0.3) is 0 Å². The SMILES string of the molecule is CCCCOc1cc(B(O)O)c(OCCCC)cc1B(O)O. The number of ether oxygens (including phenoxy) is 2. The van der Waals surface area contributed by atoms with E-state index in [1.807, 2.05) is 13.8 Å². The van der Waals surface area contributed by atoms with E-state index in [4.69, 9.17) is 9.47 Å². The topological polar surface area (TPSA) is 99.4 Å². The van der Waals surface area contributed by atoms with Gasteiger partial charge in [0.25, 0.3) is 0 Å². The number of unbranched alkanes of at least 4 members (excludes halogenated alkanes) is 2. The molecule has 0 aliphatic carbocycles. The van der Waals surface area contributed by atoms with Crippen LogP contribution in [0.3, 0.4) is 0 Å². The Balaban J connectivity index is 3.07. The molecular formula is C14H24B2O6. The molecule has 1 rings (SSSR count). The van der Waals surface area contributed by atoms with Crippen molar-refractivity contribution < 1.29 is 29.6 Å². The van der Waals surface area contributed by atoms with Crippen LogP contribution < -0.4 is 20.4 Å². The lowest BCUT2D eigenvalue weighted by atomic mass is 9.73. The maximum atomic E-state index is 9.48. The average Bonchev–Trinajstić information content (AvgIpc) is 2.47. The van der Waals surface area contributed by atoms with E-state index < -0.39 is 14.2 Å². The predicted octanol–water partition coefficient (Wildman–Crippen LogP) is -0.596. The van der Waals surface area contributed by atoms with Gasteiger partial charge in [-0.15, -0.1) is 0 Å². The Bertz CT molecular complexity index is 411. The lowest BCUT2D eigenvalue weighted by Gasteiger charge is -2.17. The fraction of sp³-hybridized carbons (Fsp3) is 0.571. The summed E-state index contributed by atoms with van der Waals surface area (Å²) in [5.41, 5.74) is 0.291. The van der Waals surface area contributed by atoms with Crippen molar-refractivity contribution in [1.29, 1.82) is 0 Å². The van der Waals surface area contributed by atoms with Crippen LogP contribution in [0.15, 0.2) is 12.1 Å². The molecule has 0 heterocycles. The van der Waals surface area contributed by atoms with E-state index in [-0.39, 0.29) is 22.4 Å². The van der Waals surface area contributed by atoms with Crippen LogP contribution in [0.1, 0.15) is 39.5 Å². The van der Waals surface area contributed by atoms with Crippen molar-refractivity contribution in [2.45, 2.75) is 39.5 Å². The van der Waals surface area contributed by atoms with Gasteiger partial charge in [-0.05, 0) is 25.0 Å². The Hall–Kier alpha value is -1.21. The first-order valence-corrected chi connectivity index (χ1v) is 7.66. The zero-order valence-electron chi connectivity index (χ0n) is 13.2. The van der Waals surface area contributed by atoms with Crippen LogP contribution in [0, 0.1) is 0 Å². The molecule has 1 aromatic carbocycles. The molecule has 0 saturated carbocycles. The summed E-state index contributed by atoms with van der Waals surface area (Å²) >= 11 is 0. The van der Waals surface area contributed by atoms with E-state index in [0.717, 1.165) is 25.7 Å². The van der Waals surface area contributed by atoms with Gasteiger partial charge < -0.3 is 29.6 Å². The maximum Gasteiger partial charge on any atom is 0.492 e. The van der Waals surface area contributed by atoms with Gasteiger partial charge in [-0.2, -0.15) is 0 Å². The van der Waals surface area contributed by atoms with Crippen molar-refractivity contribution in [2.75, 3.05) is 13.2 Å². The van der Waals surface area contributed by atoms with E-state index in [2.05, 4.69) is 0 Å². The summed E-state index contributed by atoms with van der Waals surface area (Å²) in [6.07, 6.45) is 3.49. The van der Waals surface area contributed by atoms with E-state index >= 15 is 0 Å². The molecule has 0 aliphatic rings. The van der Waals surface area contributed by atoms with Gasteiger partial charge in [0.05, 0.1) is 13.2 Å². The fourth-order valence-corrected chi connectivity index (χ4v) is 1.90. The normalized spacial score (nSPS) is 10.5. The third-order valence-corrected chi connectivity index (χ3v) is 3.21. The molecule has 0 atom stereocenters. The van der Waals surface area contributed by atoms with E-state index in [9.17, 15) is 20.1 Å². The van der Waals surface area contributed by atoms with Crippen LogP contribution in [-0.4, -0.2) is 47.5 Å². The second-order valence-corrected chi connectivity index (χ2v) is 5.08. The summed E-state index contributed by atoms with van der Waals surface area (Å²) in [6, 6.07) is 2.77. The van der Waals surface area contributed by atoms with Crippen LogP contribution in [0.2, 0.25) is 0 Å². The van der Waals surface area contributed by atoms with Gasteiger partial charge in [0.15, 0.2) is 0 Å². The Morgan fingerprint density at radius 2 is 1.14 bits per heavy atom. The molecule has 4 N–H and O–H groups in total. The molecule has 0 fully saturated rings. The molecule has 8 heteroatoms. The van der Waals surface area contributed by atoms with Crippen LogP contribution in [0.4, 0.5) is 0 Å². The standard InChI is InChI=1S/C14H24B2O6/c1-3-5-7-21-13-9-12(16(19)20)14(22-8-6-4-2)10-11(13)15(17)18/h9-10,17-20H,3-8H2,1-2H3. The minimum Gasteiger partial charge on any atom is -0.494 e. The molecule has 0 radical (unpaired) electrons. The number of hydrogen-bond donors (Lipinski definition) is 4. The first-order chi connectivity index (χ1) is 10.5. The molecule has 0 amide bonds. The largest absolute Gasteiger partial charge is 0.494 e. The summed E-state index contributed by atoms with van der Waals surface area (Å²) in [5.74, 6) is 0.434. The van der Waals surface area contributed by atoms with E-state index in [1.165, 1.54) is 12.1 Å². The zero-order chi connectivity index (χ0) is 16.5. The van der Waals surface area contributed by atoms with Crippen molar-refractivity contribution >= 4 is 25.2 Å².